The average molecular weight is 311 g/mol. The summed E-state index contributed by atoms with van der Waals surface area (Å²) in [6.07, 6.45) is 0. The molecule has 2 rings (SSSR count). The highest BCUT2D eigenvalue weighted by atomic mass is 32.1. The number of thiol groups is 1. The molecule has 0 aromatic heterocycles. The van der Waals surface area contributed by atoms with E-state index in [0.29, 0.717) is 12.2 Å². The van der Waals surface area contributed by atoms with Gasteiger partial charge in [0, 0.05) is 4.75 Å². The monoisotopic (exact) mass is 311 g/mol. The summed E-state index contributed by atoms with van der Waals surface area (Å²) in [5, 5.41) is 8.81. The molecule has 0 saturated carbocycles. The number of benzene rings is 2. The van der Waals surface area contributed by atoms with Gasteiger partial charge in [-0.15, -0.1) is 0 Å². The van der Waals surface area contributed by atoms with Crippen LogP contribution in [0.25, 0.3) is 0 Å². The fourth-order valence-corrected chi connectivity index (χ4v) is 2.49. The van der Waals surface area contributed by atoms with Gasteiger partial charge in [-0.25, -0.2) is 0 Å². The number of rotatable bonds is 4. The fourth-order valence-electron chi connectivity index (χ4n) is 2.36. The average Bonchev–Trinajstić information content (AvgIpc) is 2.46. The minimum Gasteiger partial charge on any atom is -0.488 e. The molecule has 0 aliphatic carbocycles. The summed E-state index contributed by atoms with van der Waals surface area (Å²) in [5.74, 6) is 0.922. The van der Waals surface area contributed by atoms with Crippen LogP contribution in [0.15, 0.2) is 36.4 Å². The summed E-state index contributed by atoms with van der Waals surface area (Å²) in [4.78, 5) is 0. The maximum atomic E-state index is 8.81. The summed E-state index contributed by atoms with van der Waals surface area (Å²) in [6, 6.07) is 13.9. The molecule has 22 heavy (non-hydrogen) atoms. The Bertz CT molecular complexity index is 683. The fraction of sp³-hybridized carbons (Fsp3) is 0.316. The van der Waals surface area contributed by atoms with Gasteiger partial charge >= 0.3 is 0 Å². The zero-order valence-electron chi connectivity index (χ0n) is 13.5. The van der Waals surface area contributed by atoms with Crippen molar-refractivity contribution in [2.75, 3.05) is 0 Å². The van der Waals surface area contributed by atoms with Crippen LogP contribution in [0.5, 0.6) is 5.75 Å². The Kier molecular flexibility index (Phi) is 4.83. The molecule has 3 heteroatoms. The Labute approximate surface area is 138 Å². The molecule has 0 atom stereocenters. The van der Waals surface area contributed by atoms with Crippen LogP contribution in [0, 0.1) is 25.2 Å². The van der Waals surface area contributed by atoms with Gasteiger partial charge in [-0.2, -0.15) is 17.9 Å². The highest BCUT2D eigenvalue weighted by Gasteiger charge is 2.17. The summed E-state index contributed by atoms with van der Waals surface area (Å²) >= 11 is 4.63. The molecule has 2 aromatic carbocycles. The van der Waals surface area contributed by atoms with E-state index < -0.39 is 0 Å². The van der Waals surface area contributed by atoms with Crippen molar-refractivity contribution in [1.29, 1.82) is 5.26 Å². The number of hydrogen-bond donors (Lipinski definition) is 1. The second kappa shape index (κ2) is 6.46. The molecule has 114 valence electrons. The molecule has 0 bridgehead atoms. The Morgan fingerprint density at radius 1 is 1.09 bits per heavy atom. The van der Waals surface area contributed by atoms with Crippen LogP contribution in [0.2, 0.25) is 0 Å². The normalized spacial score (nSPS) is 11.1. The zero-order chi connectivity index (χ0) is 16.3. The molecule has 0 heterocycles. The quantitative estimate of drug-likeness (QED) is 0.813. The second-order valence-electron chi connectivity index (χ2n) is 6.10. The number of nitrogens with zero attached hydrogens (tertiary/aromatic N) is 1. The van der Waals surface area contributed by atoms with E-state index in [1.54, 1.807) is 0 Å². The molecular weight excluding hydrogens is 290 g/mol. The summed E-state index contributed by atoms with van der Waals surface area (Å²) in [7, 11) is 0. The van der Waals surface area contributed by atoms with Gasteiger partial charge in [-0.05, 0) is 62.1 Å². The first-order chi connectivity index (χ1) is 10.3. The lowest BCUT2D eigenvalue weighted by Gasteiger charge is -2.21. The summed E-state index contributed by atoms with van der Waals surface area (Å²) in [6.45, 7) is 8.79. The van der Waals surface area contributed by atoms with Crippen molar-refractivity contribution in [3.63, 3.8) is 0 Å². The van der Waals surface area contributed by atoms with Crippen LogP contribution in [0.1, 0.15) is 41.7 Å². The summed E-state index contributed by atoms with van der Waals surface area (Å²) in [5.41, 5.74) is 5.14. The van der Waals surface area contributed by atoms with E-state index in [1.165, 1.54) is 5.56 Å². The van der Waals surface area contributed by atoms with Crippen molar-refractivity contribution < 1.29 is 4.74 Å². The maximum Gasteiger partial charge on any atom is 0.125 e. The standard InChI is InChI=1S/C19H21NOS/c1-13-9-17(19(3,4)22)10-14(2)18(13)21-12-16-7-5-15(11-20)6-8-16/h5-10,22H,12H2,1-4H3. The third-order valence-electron chi connectivity index (χ3n) is 3.63. The number of hydrogen-bond acceptors (Lipinski definition) is 3. The molecule has 0 amide bonds. The van der Waals surface area contributed by atoms with E-state index in [1.807, 2.05) is 24.3 Å². The van der Waals surface area contributed by atoms with Crippen LogP contribution >= 0.6 is 12.6 Å². The van der Waals surface area contributed by atoms with E-state index in [4.69, 9.17) is 10.00 Å². The van der Waals surface area contributed by atoms with Crippen molar-refractivity contribution in [2.24, 2.45) is 0 Å². The van der Waals surface area contributed by atoms with Gasteiger partial charge in [-0.1, -0.05) is 24.3 Å². The van der Waals surface area contributed by atoms with Gasteiger partial charge in [-0.3, -0.25) is 0 Å². The molecule has 2 nitrogen and oxygen atoms in total. The summed E-state index contributed by atoms with van der Waals surface area (Å²) < 4.78 is 5.82. The van der Waals surface area contributed by atoms with Gasteiger partial charge in [0.2, 0.25) is 0 Å². The number of nitriles is 1. The Morgan fingerprint density at radius 3 is 2.09 bits per heavy atom. The molecule has 0 aliphatic heterocycles. The van der Waals surface area contributed by atoms with Gasteiger partial charge < -0.3 is 4.74 Å². The third-order valence-corrected chi connectivity index (χ3v) is 3.89. The smallest absolute Gasteiger partial charge is 0.125 e. The van der Waals surface area contributed by atoms with E-state index in [-0.39, 0.29) is 4.75 Å². The van der Waals surface area contributed by atoms with E-state index in [9.17, 15) is 0 Å². The molecule has 0 aliphatic rings. The van der Waals surface area contributed by atoms with Gasteiger partial charge in [0.15, 0.2) is 0 Å². The van der Waals surface area contributed by atoms with E-state index in [0.717, 1.165) is 22.4 Å². The molecule has 0 saturated heterocycles. The van der Waals surface area contributed by atoms with E-state index >= 15 is 0 Å². The SMILES string of the molecule is Cc1cc(C(C)(C)S)cc(C)c1OCc1ccc(C#N)cc1. The number of ether oxygens (including phenoxy) is 1. The Hall–Kier alpha value is -1.92. The first-order valence-corrected chi connectivity index (χ1v) is 7.72. The van der Waals surface area contributed by atoms with Crippen LogP contribution in [0.4, 0.5) is 0 Å². The predicted molar refractivity (Wildman–Crippen MR) is 93.4 cm³/mol. The lowest BCUT2D eigenvalue weighted by Crippen LogP contribution is -2.09. The minimum absolute atomic E-state index is 0.166. The molecule has 0 spiro atoms. The molecule has 0 fully saturated rings. The molecule has 2 aromatic rings. The van der Waals surface area contributed by atoms with Crippen LogP contribution in [0.3, 0.4) is 0 Å². The van der Waals surface area contributed by atoms with Crippen molar-refractivity contribution in [3.8, 4) is 11.8 Å². The van der Waals surface area contributed by atoms with Crippen LogP contribution in [-0.2, 0) is 11.4 Å². The Morgan fingerprint density at radius 2 is 1.64 bits per heavy atom. The predicted octanol–water partition coefficient (Wildman–Crippen LogP) is 4.92. The van der Waals surface area contributed by atoms with Gasteiger partial charge in [0.05, 0.1) is 11.6 Å². The zero-order valence-corrected chi connectivity index (χ0v) is 14.4. The molecule has 0 unspecified atom stereocenters. The third kappa shape index (κ3) is 3.84. The van der Waals surface area contributed by atoms with E-state index in [2.05, 4.69) is 58.5 Å². The van der Waals surface area contributed by atoms with Crippen molar-refractivity contribution in [2.45, 2.75) is 39.0 Å². The van der Waals surface area contributed by atoms with Crippen molar-refractivity contribution >= 4 is 12.6 Å². The minimum atomic E-state index is -0.166. The first-order valence-electron chi connectivity index (χ1n) is 7.27. The lowest BCUT2D eigenvalue weighted by atomic mass is 9.97. The van der Waals surface area contributed by atoms with Crippen LogP contribution in [-0.4, -0.2) is 0 Å². The van der Waals surface area contributed by atoms with Gasteiger partial charge in [0.25, 0.3) is 0 Å². The van der Waals surface area contributed by atoms with Crippen molar-refractivity contribution in [3.05, 3.63) is 64.2 Å². The maximum absolute atomic E-state index is 8.81. The molecule has 0 N–H and O–H groups in total. The van der Waals surface area contributed by atoms with Crippen LogP contribution < -0.4 is 4.74 Å². The largest absolute Gasteiger partial charge is 0.488 e. The molecule has 0 radical (unpaired) electrons. The molecular formula is C19H21NOS. The van der Waals surface area contributed by atoms with Gasteiger partial charge in [0.1, 0.15) is 12.4 Å². The lowest BCUT2D eigenvalue weighted by molar-refractivity contribution is 0.302. The second-order valence-corrected chi connectivity index (χ2v) is 7.21. The topological polar surface area (TPSA) is 33.0 Å². The first kappa shape index (κ1) is 16.5. The van der Waals surface area contributed by atoms with Crippen molar-refractivity contribution in [1.82, 2.24) is 0 Å². The highest BCUT2D eigenvalue weighted by molar-refractivity contribution is 7.81. The number of aryl methyl sites for hydroxylation is 2. The Balaban J connectivity index is 2.18. The highest BCUT2D eigenvalue weighted by Crippen LogP contribution is 2.33.